The van der Waals surface area contributed by atoms with Gasteiger partial charge in [0, 0.05) is 47.5 Å². The highest BCUT2D eigenvalue weighted by atomic mass is 16.6. The van der Waals surface area contributed by atoms with Crippen LogP contribution in [-0.2, 0) is 35.4 Å². The van der Waals surface area contributed by atoms with Gasteiger partial charge in [-0.25, -0.2) is 30.2 Å². The van der Waals surface area contributed by atoms with Gasteiger partial charge in [-0.3, -0.25) is 39.8 Å². The number of hydrogen-bond donors (Lipinski definition) is 6. The quantitative estimate of drug-likeness (QED) is 0.0108. The monoisotopic (exact) mass is 1170 g/mol. The second kappa shape index (κ2) is 32.2. The van der Waals surface area contributed by atoms with Crippen molar-refractivity contribution in [3.8, 4) is 11.8 Å². The van der Waals surface area contributed by atoms with Crippen LogP contribution in [0.4, 0.5) is 21.0 Å². The Bertz CT molecular complexity index is 3300. The Labute approximate surface area is 496 Å². The number of rotatable bonds is 24. The number of ether oxygens (including phenoxy) is 4. The molecule has 4 heterocycles. The number of carboxylic acids is 1. The average Bonchev–Trinajstić information content (AvgIpc) is 3.10. The number of nitrogen functional groups attached to an aromatic ring is 1. The number of Topliss-reactive ketones (excluding diaryl/α,β-unsaturated/α-hetero) is 1. The Kier molecular flexibility index (Phi) is 25.7. The number of benzene rings is 2. The Hall–Kier alpha value is -9.70. The van der Waals surface area contributed by atoms with E-state index in [1.54, 1.807) is 101 Å². The number of carbonyl (C=O) groups is 6. The molecule has 4 amide bonds. The molecule has 4 aromatic heterocycles. The molecule has 22 heteroatoms. The van der Waals surface area contributed by atoms with Gasteiger partial charge in [-0.05, 0) is 105 Å². The molecule has 85 heavy (non-hydrogen) atoms. The summed E-state index contributed by atoms with van der Waals surface area (Å²) in [6.45, 7) is 33.0. The topological polar surface area (TPSA) is 295 Å². The van der Waals surface area contributed by atoms with E-state index in [-0.39, 0.29) is 58.3 Å². The summed E-state index contributed by atoms with van der Waals surface area (Å²) in [5.41, 5.74) is 5.87. The van der Waals surface area contributed by atoms with Crippen molar-refractivity contribution in [3.05, 3.63) is 192 Å². The largest absolute Gasteiger partial charge is 0.476 e. The highest BCUT2D eigenvalue weighted by Gasteiger charge is 2.26. The normalized spacial score (nSPS) is 11.5. The van der Waals surface area contributed by atoms with Crippen LogP contribution in [0.3, 0.4) is 0 Å². The van der Waals surface area contributed by atoms with Crippen LogP contribution in [-0.4, -0.2) is 100 Å². The van der Waals surface area contributed by atoms with Crippen LogP contribution in [0.5, 0.6) is 11.8 Å². The molecule has 452 valence electrons. The highest BCUT2D eigenvalue weighted by molar-refractivity contribution is 6.06. The van der Waals surface area contributed by atoms with E-state index in [1.165, 1.54) is 6.07 Å². The number of hydrazine groups is 1. The molecule has 7 N–H and O–H groups in total. The molecular weight excluding hydrogens is 1090 g/mol. The Morgan fingerprint density at radius 2 is 1.01 bits per heavy atom. The molecule has 6 aromatic rings. The highest BCUT2D eigenvalue weighted by Crippen LogP contribution is 2.27. The van der Waals surface area contributed by atoms with Gasteiger partial charge in [-0.1, -0.05) is 85.0 Å². The fourth-order valence-corrected chi connectivity index (χ4v) is 7.79. The number of amides is 4. The first-order valence-corrected chi connectivity index (χ1v) is 27.2. The van der Waals surface area contributed by atoms with Gasteiger partial charge in [-0.15, -0.1) is 26.3 Å². The van der Waals surface area contributed by atoms with Crippen molar-refractivity contribution in [2.24, 2.45) is 5.84 Å². The maximum Gasteiger partial charge on any atom is 0.412 e. The number of pyridine rings is 2. The molecule has 6 rings (SSSR count). The van der Waals surface area contributed by atoms with Crippen molar-refractivity contribution in [1.29, 1.82) is 0 Å². The van der Waals surface area contributed by atoms with Crippen molar-refractivity contribution in [2.75, 3.05) is 17.2 Å². The van der Waals surface area contributed by atoms with Gasteiger partial charge in [0.2, 0.25) is 17.5 Å². The lowest BCUT2D eigenvalue weighted by Gasteiger charge is -2.21. The Morgan fingerprint density at radius 1 is 0.612 bits per heavy atom. The van der Waals surface area contributed by atoms with E-state index in [1.807, 2.05) is 80.7 Å². The summed E-state index contributed by atoms with van der Waals surface area (Å²) in [5.74, 6) is 2.88. The first-order valence-electron chi connectivity index (χ1n) is 27.2. The molecule has 0 fully saturated rings. The summed E-state index contributed by atoms with van der Waals surface area (Å²) < 4.78 is 25.5. The third-order valence-corrected chi connectivity index (χ3v) is 11.4. The molecule has 0 radical (unpaired) electrons. The maximum atomic E-state index is 13.4. The minimum absolute atomic E-state index is 0.0537. The molecule has 0 aliphatic heterocycles. The summed E-state index contributed by atoms with van der Waals surface area (Å²) in [6.07, 6.45) is 10.7. The number of nitrogens with one attached hydrogen (secondary N) is 4. The van der Waals surface area contributed by atoms with Crippen molar-refractivity contribution in [2.45, 2.75) is 131 Å². The van der Waals surface area contributed by atoms with Gasteiger partial charge in [0.05, 0.1) is 31.0 Å². The molecule has 0 saturated heterocycles. The summed E-state index contributed by atoms with van der Waals surface area (Å²) in [7, 11) is 0. The fraction of sp³-hybridized carbons (Fsp3) is 0.333. The molecule has 0 saturated carbocycles. The number of aromatic nitrogens is 6. The first kappa shape index (κ1) is 67.8. The van der Waals surface area contributed by atoms with Gasteiger partial charge in [-0.2, -0.15) is 10.2 Å². The fourth-order valence-electron chi connectivity index (χ4n) is 7.79. The molecule has 0 bridgehead atoms. The molecule has 0 unspecified atom stereocenters. The number of allylic oxidation sites excluding steroid dienone is 2. The van der Waals surface area contributed by atoms with E-state index >= 15 is 0 Å². The summed E-state index contributed by atoms with van der Waals surface area (Å²) in [4.78, 5) is 82.5. The molecule has 22 nitrogen and oxygen atoms in total. The standard InChI is InChI=1S/C32H39N5O5.C17H24N2O5.C14H16N4O/c1-8-13-22(4)41-30-21(3)17-25(34-31(40)42-32(5,6)7)28(35-30)26(38)18-33-29(39)27-24(14-9-2)20-37(36-27)19-23-15-11-10-12-16-23;1-7-8-11(3)23-14-10(2)9-12(13(19-14)15(20)21)18-16(22)24-17(4,5)6;1-2-6-12-10-18(17-13(12)14(19)16-15)9-11-7-4-3-5-8-11/h8-12,15-17,20,22H,1-2,13-14,18-19H2,3-7H3,(H,33,39)(H,34,40);7,9,11H,1,8H2,2-6H3,(H,18,22)(H,20,21);2-5,7-8,10H,1,6,9,15H2,(H,16,19)/t22-;11-;/m11./s1. The average molecular weight is 1170 g/mol. The zero-order chi connectivity index (χ0) is 63.0. The van der Waals surface area contributed by atoms with Crippen LogP contribution in [0.1, 0.15) is 144 Å². The van der Waals surface area contributed by atoms with Crippen LogP contribution < -0.4 is 36.7 Å². The van der Waals surface area contributed by atoms with Gasteiger partial charge in [0.15, 0.2) is 17.1 Å². The van der Waals surface area contributed by atoms with Crippen molar-refractivity contribution >= 4 is 47.1 Å². The number of carbonyl (C=O) groups excluding carboxylic acids is 5. The van der Waals surface area contributed by atoms with Crippen LogP contribution >= 0.6 is 0 Å². The Morgan fingerprint density at radius 3 is 1.39 bits per heavy atom. The predicted octanol–water partition coefficient (Wildman–Crippen LogP) is 10.7. The number of carboxylic acid groups (broad SMARTS) is 1. The van der Waals surface area contributed by atoms with Gasteiger partial charge in [0.1, 0.15) is 29.1 Å². The SMILES string of the molecule is C=CC[C@@H](C)Oc1nc(C(=O)O)c(NC(=O)OC(C)(C)C)cc1C.C=CCc1cn(Cc2ccccc2)nc1C(=O)NCC(=O)c1nc(O[C@H](C)CC=C)c(C)cc1NC(=O)OC(C)(C)C.C=CCc1cn(Cc2ccccc2)nc1C(=O)NN. The van der Waals surface area contributed by atoms with E-state index in [2.05, 4.69) is 67.9 Å². The lowest BCUT2D eigenvalue weighted by Crippen LogP contribution is -2.32. The van der Waals surface area contributed by atoms with E-state index in [0.717, 1.165) is 16.7 Å². The first-order chi connectivity index (χ1) is 40.2. The minimum Gasteiger partial charge on any atom is -0.476 e. The second-order valence-electron chi connectivity index (χ2n) is 21.4. The molecule has 0 aliphatic rings. The third kappa shape index (κ3) is 22.5. The number of ketones is 1. The molecule has 2 aromatic carbocycles. The van der Waals surface area contributed by atoms with Crippen LogP contribution in [0.15, 0.2) is 136 Å². The molecule has 2 atom stereocenters. The summed E-state index contributed by atoms with van der Waals surface area (Å²) >= 11 is 0. The maximum absolute atomic E-state index is 13.4. The van der Waals surface area contributed by atoms with Crippen LogP contribution in [0.2, 0.25) is 0 Å². The van der Waals surface area contributed by atoms with Crippen molar-refractivity contribution in [1.82, 2.24) is 40.3 Å². The predicted molar refractivity (Wildman–Crippen MR) is 326 cm³/mol. The van der Waals surface area contributed by atoms with Gasteiger partial charge in [0.25, 0.3) is 11.8 Å². The number of anilines is 2. The van der Waals surface area contributed by atoms with Crippen LogP contribution in [0, 0.1) is 13.8 Å². The van der Waals surface area contributed by atoms with Crippen molar-refractivity contribution in [3.63, 3.8) is 0 Å². The van der Waals surface area contributed by atoms with Crippen molar-refractivity contribution < 1.29 is 52.8 Å². The van der Waals surface area contributed by atoms with E-state index in [0.29, 0.717) is 61.2 Å². The van der Waals surface area contributed by atoms with E-state index in [9.17, 15) is 33.9 Å². The molecule has 0 aliphatic carbocycles. The summed E-state index contributed by atoms with van der Waals surface area (Å²) in [5, 5.41) is 25.8. The lowest BCUT2D eigenvalue weighted by atomic mass is 10.1. The molecular formula is C63H79N11O11. The second-order valence-corrected chi connectivity index (χ2v) is 21.4. The number of nitrogens with zero attached hydrogens (tertiary/aromatic N) is 6. The van der Waals surface area contributed by atoms with Gasteiger partial charge < -0.3 is 29.4 Å². The van der Waals surface area contributed by atoms with E-state index < -0.39 is 47.6 Å². The number of nitrogens with two attached hydrogens (primary N) is 1. The Balaban J connectivity index is 0.000000303. The molecule has 0 spiro atoms. The number of aromatic carboxylic acids is 1. The number of aryl methyl sites for hydroxylation is 2. The lowest BCUT2D eigenvalue weighted by molar-refractivity contribution is 0.0623. The number of hydrogen-bond acceptors (Lipinski definition) is 15. The zero-order valence-corrected chi connectivity index (χ0v) is 50.1. The zero-order valence-electron chi connectivity index (χ0n) is 50.1. The third-order valence-electron chi connectivity index (χ3n) is 11.4. The van der Waals surface area contributed by atoms with Crippen LogP contribution in [0.25, 0.3) is 0 Å². The van der Waals surface area contributed by atoms with E-state index in [4.69, 9.17) is 24.8 Å². The minimum atomic E-state index is -1.28. The smallest absolute Gasteiger partial charge is 0.412 e. The summed E-state index contributed by atoms with van der Waals surface area (Å²) in [6, 6.07) is 22.8. The van der Waals surface area contributed by atoms with Gasteiger partial charge >= 0.3 is 18.2 Å².